The van der Waals surface area contributed by atoms with Crippen LogP contribution in [0.5, 0.6) is 11.5 Å². The molecule has 0 saturated carbocycles. The topological polar surface area (TPSA) is 119 Å². The number of methoxy groups -OCH3 is 2. The molecule has 2 N–H and O–H groups in total. The summed E-state index contributed by atoms with van der Waals surface area (Å²) in [6, 6.07) is 9.30. The van der Waals surface area contributed by atoms with E-state index in [0.29, 0.717) is 28.4 Å². The summed E-state index contributed by atoms with van der Waals surface area (Å²) < 4.78 is 10.4. The number of aromatic nitrogens is 2. The SMILES string of the molecule is COc1ccc(CC(=O)NC(C)c2nc3ccc([N+](=O)[O-])cc3[nH]2)cc1OC. The third kappa shape index (κ3) is 4.03. The summed E-state index contributed by atoms with van der Waals surface area (Å²) in [5.74, 6) is 1.48. The van der Waals surface area contributed by atoms with Gasteiger partial charge in [-0.2, -0.15) is 0 Å². The van der Waals surface area contributed by atoms with E-state index in [0.717, 1.165) is 5.56 Å². The van der Waals surface area contributed by atoms with Crippen LogP contribution in [0.4, 0.5) is 5.69 Å². The van der Waals surface area contributed by atoms with Gasteiger partial charge in [0, 0.05) is 12.1 Å². The number of benzene rings is 2. The van der Waals surface area contributed by atoms with E-state index >= 15 is 0 Å². The Morgan fingerprint density at radius 3 is 2.64 bits per heavy atom. The van der Waals surface area contributed by atoms with Gasteiger partial charge in [0.1, 0.15) is 5.82 Å². The average molecular weight is 384 g/mol. The van der Waals surface area contributed by atoms with Gasteiger partial charge in [-0.05, 0) is 30.7 Å². The number of carbonyl (C=O) groups excluding carboxylic acids is 1. The molecule has 28 heavy (non-hydrogen) atoms. The van der Waals surface area contributed by atoms with Crippen molar-refractivity contribution in [2.24, 2.45) is 0 Å². The van der Waals surface area contributed by atoms with Crippen molar-refractivity contribution in [3.63, 3.8) is 0 Å². The first-order chi connectivity index (χ1) is 13.4. The molecule has 1 heterocycles. The largest absolute Gasteiger partial charge is 0.493 e. The van der Waals surface area contributed by atoms with Gasteiger partial charge in [0.2, 0.25) is 5.91 Å². The fourth-order valence-electron chi connectivity index (χ4n) is 2.87. The zero-order valence-corrected chi connectivity index (χ0v) is 15.7. The van der Waals surface area contributed by atoms with Gasteiger partial charge in [0.05, 0.1) is 42.6 Å². The number of imidazole rings is 1. The maximum atomic E-state index is 12.4. The number of aromatic amines is 1. The van der Waals surface area contributed by atoms with Crippen LogP contribution in [0, 0.1) is 10.1 Å². The Hall–Kier alpha value is -3.62. The van der Waals surface area contributed by atoms with Crippen LogP contribution in [0.1, 0.15) is 24.4 Å². The summed E-state index contributed by atoms with van der Waals surface area (Å²) in [6.45, 7) is 1.79. The van der Waals surface area contributed by atoms with Gasteiger partial charge in [-0.3, -0.25) is 14.9 Å². The van der Waals surface area contributed by atoms with Crippen LogP contribution in [0.25, 0.3) is 11.0 Å². The van der Waals surface area contributed by atoms with Gasteiger partial charge in [-0.1, -0.05) is 6.07 Å². The highest BCUT2D eigenvalue weighted by molar-refractivity contribution is 5.80. The lowest BCUT2D eigenvalue weighted by molar-refractivity contribution is -0.384. The van der Waals surface area contributed by atoms with Crippen LogP contribution in [-0.4, -0.2) is 35.0 Å². The fraction of sp³-hybridized carbons (Fsp3) is 0.263. The quantitative estimate of drug-likeness (QED) is 0.477. The second-order valence-electron chi connectivity index (χ2n) is 6.24. The molecule has 9 heteroatoms. The zero-order valence-electron chi connectivity index (χ0n) is 15.7. The van der Waals surface area contributed by atoms with Crippen molar-refractivity contribution >= 4 is 22.6 Å². The molecule has 0 aliphatic heterocycles. The predicted octanol–water partition coefficient (Wildman–Crippen LogP) is 2.91. The second-order valence-corrected chi connectivity index (χ2v) is 6.24. The minimum absolute atomic E-state index is 0.0205. The van der Waals surface area contributed by atoms with Crippen molar-refractivity contribution in [3.05, 3.63) is 57.9 Å². The van der Waals surface area contributed by atoms with Crippen molar-refractivity contribution in [1.82, 2.24) is 15.3 Å². The third-order valence-corrected chi connectivity index (χ3v) is 4.29. The Balaban J connectivity index is 1.70. The molecule has 0 aliphatic carbocycles. The standard InChI is InChI=1S/C19H20N4O5/c1-11(19-21-14-6-5-13(23(25)26)10-15(14)22-19)20-18(24)9-12-4-7-16(27-2)17(8-12)28-3/h4-8,10-11H,9H2,1-3H3,(H,20,24)(H,21,22). The van der Waals surface area contributed by atoms with Crippen molar-refractivity contribution in [3.8, 4) is 11.5 Å². The lowest BCUT2D eigenvalue weighted by atomic mass is 10.1. The van der Waals surface area contributed by atoms with E-state index < -0.39 is 4.92 Å². The number of rotatable bonds is 7. The Morgan fingerprint density at radius 1 is 1.21 bits per heavy atom. The van der Waals surface area contributed by atoms with Crippen molar-refractivity contribution < 1.29 is 19.2 Å². The lowest BCUT2D eigenvalue weighted by Gasteiger charge is -2.13. The average Bonchev–Trinajstić information content (AvgIpc) is 3.11. The van der Waals surface area contributed by atoms with Gasteiger partial charge in [0.15, 0.2) is 11.5 Å². The van der Waals surface area contributed by atoms with E-state index in [1.165, 1.54) is 19.2 Å². The molecule has 1 aromatic heterocycles. The van der Waals surface area contributed by atoms with Crippen LogP contribution >= 0.6 is 0 Å². The maximum Gasteiger partial charge on any atom is 0.271 e. The number of non-ortho nitro benzene ring substituents is 1. The minimum Gasteiger partial charge on any atom is -0.493 e. The molecule has 1 atom stereocenters. The molecule has 0 aliphatic rings. The highest BCUT2D eigenvalue weighted by Crippen LogP contribution is 2.28. The number of fused-ring (bicyclic) bond motifs is 1. The monoisotopic (exact) mass is 384 g/mol. The molecule has 0 spiro atoms. The number of hydrogen-bond acceptors (Lipinski definition) is 6. The molecule has 3 rings (SSSR count). The summed E-state index contributed by atoms with van der Waals surface area (Å²) in [5, 5.41) is 13.8. The first-order valence-electron chi connectivity index (χ1n) is 8.55. The number of H-pyrrole nitrogens is 1. The number of ether oxygens (including phenoxy) is 2. The number of amides is 1. The molecule has 3 aromatic rings. The van der Waals surface area contributed by atoms with E-state index in [9.17, 15) is 14.9 Å². The van der Waals surface area contributed by atoms with Gasteiger partial charge in [0.25, 0.3) is 5.69 Å². The summed E-state index contributed by atoms with van der Waals surface area (Å²) >= 11 is 0. The van der Waals surface area contributed by atoms with E-state index in [1.54, 1.807) is 38.3 Å². The molecule has 2 aromatic carbocycles. The molecule has 0 fully saturated rings. The maximum absolute atomic E-state index is 12.4. The molecule has 0 saturated heterocycles. The van der Waals surface area contributed by atoms with E-state index in [4.69, 9.17) is 9.47 Å². The van der Waals surface area contributed by atoms with Crippen molar-refractivity contribution in [2.75, 3.05) is 14.2 Å². The first kappa shape index (κ1) is 19.2. The Kier molecular flexibility index (Phi) is 5.44. The second kappa shape index (κ2) is 7.95. The van der Waals surface area contributed by atoms with Crippen LogP contribution < -0.4 is 14.8 Å². The summed E-state index contributed by atoms with van der Waals surface area (Å²) in [5.41, 5.74) is 1.90. The normalized spacial score (nSPS) is 11.8. The van der Waals surface area contributed by atoms with Crippen LogP contribution in [0.2, 0.25) is 0 Å². The Morgan fingerprint density at radius 2 is 1.96 bits per heavy atom. The number of carbonyl (C=O) groups is 1. The molecule has 0 radical (unpaired) electrons. The van der Waals surface area contributed by atoms with E-state index in [1.807, 2.05) is 0 Å². The summed E-state index contributed by atoms with van der Waals surface area (Å²) in [4.78, 5) is 30.2. The van der Waals surface area contributed by atoms with Gasteiger partial charge < -0.3 is 19.8 Å². The molecule has 1 amide bonds. The number of nitrogens with zero attached hydrogens (tertiary/aromatic N) is 2. The highest BCUT2D eigenvalue weighted by Gasteiger charge is 2.16. The van der Waals surface area contributed by atoms with Gasteiger partial charge in [-0.25, -0.2) is 4.98 Å². The van der Waals surface area contributed by atoms with Gasteiger partial charge >= 0.3 is 0 Å². The number of nitrogens with one attached hydrogen (secondary N) is 2. The van der Waals surface area contributed by atoms with Crippen LogP contribution in [0.3, 0.4) is 0 Å². The molecule has 1 unspecified atom stereocenters. The third-order valence-electron chi connectivity index (χ3n) is 4.29. The number of hydrogen-bond donors (Lipinski definition) is 2. The fourth-order valence-corrected chi connectivity index (χ4v) is 2.87. The molecule has 146 valence electrons. The molecular formula is C19H20N4O5. The number of nitro benzene ring substituents is 1. The Bertz CT molecular complexity index is 1030. The van der Waals surface area contributed by atoms with Crippen molar-refractivity contribution in [2.45, 2.75) is 19.4 Å². The minimum atomic E-state index is -0.464. The smallest absolute Gasteiger partial charge is 0.271 e. The summed E-state index contributed by atoms with van der Waals surface area (Å²) in [6.07, 6.45) is 0.163. The van der Waals surface area contributed by atoms with E-state index in [-0.39, 0.29) is 24.1 Å². The predicted molar refractivity (Wildman–Crippen MR) is 103 cm³/mol. The molecule has 9 nitrogen and oxygen atoms in total. The highest BCUT2D eigenvalue weighted by atomic mass is 16.6. The Labute approximate surface area is 160 Å². The van der Waals surface area contributed by atoms with Crippen LogP contribution in [0.15, 0.2) is 36.4 Å². The van der Waals surface area contributed by atoms with Gasteiger partial charge in [-0.15, -0.1) is 0 Å². The zero-order chi connectivity index (χ0) is 20.3. The van der Waals surface area contributed by atoms with Crippen LogP contribution in [-0.2, 0) is 11.2 Å². The molecular weight excluding hydrogens is 364 g/mol. The number of nitro groups is 1. The first-order valence-corrected chi connectivity index (χ1v) is 8.55. The van der Waals surface area contributed by atoms with E-state index in [2.05, 4.69) is 15.3 Å². The summed E-state index contributed by atoms with van der Waals surface area (Å²) in [7, 11) is 3.09. The van der Waals surface area contributed by atoms with Crippen molar-refractivity contribution in [1.29, 1.82) is 0 Å². The molecule has 0 bridgehead atoms. The lowest BCUT2D eigenvalue weighted by Crippen LogP contribution is -2.28.